The lowest BCUT2D eigenvalue weighted by atomic mass is 10.1. The van der Waals surface area contributed by atoms with E-state index < -0.39 is 11.5 Å². The molecule has 3 N–H and O–H groups in total. The van der Waals surface area contributed by atoms with Crippen LogP contribution < -0.4 is 15.0 Å². The van der Waals surface area contributed by atoms with E-state index in [2.05, 4.69) is 20.4 Å². The Balaban J connectivity index is 1.73. The third-order valence-electron chi connectivity index (χ3n) is 3.98. The molecular weight excluding hydrogens is 352 g/mol. The Labute approximate surface area is 152 Å². The Kier molecular flexibility index (Phi) is 4.17. The van der Waals surface area contributed by atoms with Crippen molar-refractivity contribution in [3.8, 4) is 22.8 Å². The summed E-state index contributed by atoms with van der Waals surface area (Å²) in [5.74, 6) is 0.0703. The van der Waals surface area contributed by atoms with Crippen molar-refractivity contribution in [3.63, 3.8) is 0 Å². The van der Waals surface area contributed by atoms with Gasteiger partial charge in [-0.1, -0.05) is 12.1 Å². The summed E-state index contributed by atoms with van der Waals surface area (Å²) in [5, 5.41) is 22.4. The van der Waals surface area contributed by atoms with E-state index in [1.807, 2.05) is 0 Å². The minimum atomic E-state index is -1.13. The Morgan fingerprint density at radius 2 is 1.78 bits per heavy atom. The topological polar surface area (TPSA) is 129 Å². The molecule has 27 heavy (non-hydrogen) atoms. The molecule has 2 heterocycles. The largest absolute Gasteiger partial charge is 0.486 e. The maximum atomic E-state index is 12.1. The van der Waals surface area contributed by atoms with Gasteiger partial charge in [-0.15, -0.1) is 10.2 Å². The minimum Gasteiger partial charge on any atom is -0.486 e. The van der Waals surface area contributed by atoms with E-state index in [9.17, 15) is 14.7 Å². The maximum Gasteiger partial charge on any atom is 0.337 e. The zero-order valence-electron chi connectivity index (χ0n) is 13.9. The summed E-state index contributed by atoms with van der Waals surface area (Å²) in [7, 11) is 0. The number of fused-ring (bicyclic) bond motifs is 1. The van der Waals surface area contributed by atoms with Crippen molar-refractivity contribution in [2.45, 2.75) is 0 Å². The Hall–Kier alpha value is -3.88. The third kappa shape index (κ3) is 3.17. The van der Waals surface area contributed by atoms with Gasteiger partial charge in [0.15, 0.2) is 17.2 Å². The predicted molar refractivity (Wildman–Crippen MR) is 95.4 cm³/mol. The van der Waals surface area contributed by atoms with Crippen LogP contribution in [0.1, 0.15) is 10.4 Å². The molecule has 136 valence electrons. The van der Waals surface area contributed by atoms with Crippen LogP contribution in [0.15, 0.2) is 57.5 Å². The lowest BCUT2D eigenvalue weighted by Gasteiger charge is -2.18. The van der Waals surface area contributed by atoms with Gasteiger partial charge in [0.05, 0.1) is 11.3 Å². The molecule has 1 aliphatic heterocycles. The number of rotatable bonds is 4. The molecule has 0 amide bonds. The lowest BCUT2D eigenvalue weighted by molar-refractivity contribution is 0.0697. The highest BCUT2D eigenvalue weighted by atomic mass is 16.6. The maximum absolute atomic E-state index is 12.1. The second-order valence-corrected chi connectivity index (χ2v) is 5.68. The predicted octanol–water partition coefficient (Wildman–Crippen LogP) is 3.25. The Bertz CT molecular complexity index is 1100. The number of benzene rings is 2. The summed E-state index contributed by atoms with van der Waals surface area (Å²) in [6.07, 6.45) is 0. The van der Waals surface area contributed by atoms with Crippen molar-refractivity contribution < 1.29 is 19.4 Å². The molecule has 9 heteroatoms. The molecule has 3 aromatic rings. The van der Waals surface area contributed by atoms with Crippen LogP contribution in [0.3, 0.4) is 0 Å². The van der Waals surface area contributed by atoms with Crippen LogP contribution in [0, 0.1) is 0 Å². The van der Waals surface area contributed by atoms with Crippen LogP contribution in [0.5, 0.6) is 11.5 Å². The zero-order chi connectivity index (χ0) is 18.8. The normalized spacial score (nSPS) is 13.0. The highest BCUT2D eigenvalue weighted by Gasteiger charge is 2.17. The highest BCUT2D eigenvalue weighted by Crippen LogP contribution is 2.36. The molecule has 0 saturated heterocycles. The van der Waals surface area contributed by atoms with Crippen molar-refractivity contribution in [2.24, 2.45) is 10.2 Å². The number of hydrogen-bond donors (Lipinski definition) is 3. The van der Waals surface area contributed by atoms with E-state index in [1.54, 1.807) is 30.3 Å². The van der Waals surface area contributed by atoms with Crippen molar-refractivity contribution in [1.82, 2.24) is 10.2 Å². The van der Waals surface area contributed by atoms with Gasteiger partial charge >= 0.3 is 5.97 Å². The molecule has 1 aliphatic rings. The Morgan fingerprint density at radius 1 is 1.00 bits per heavy atom. The van der Waals surface area contributed by atoms with E-state index in [1.165, 1.54) is 12.1 Å². The van der Waals surface area contributed by atoms with Crippen molar-refractivity contribution in [3.05, 3.63) is 58.4 Å². The number of aromatic carboxylic acids is 1. The van der Waals surface area contributed by atoms with E-state index in [0.29, 0.717) is 36.0 Å². The molecular formula is C18H14N4O5. The zero-order valence-corrected chi connectivity index (χ0v) is 13.9. The Morgan fingerprint density at radius 3 is 2.59 bits per heavy atom. The van der Waals surface area contributed by atoms with Crippen molar-refractivity contribution in [1.29, 1.82) is 0 Å². The van der Waals surface area contributed by atoms with Gasteiger partial charge in [0.25, 0.3) is 5.56 Å². The smallest absolute Gasteiger partial charge is 0.337 e. The van der Waals surface area contributed by atoms with Crippen LogP contribution in [-0.2, 0) is 0 Å². The molecule has 0 unspecified atom stereocenters. The fourth-order valence-electron chi connectivity index (χ4n) is 2.70. The van der Waals surface area contributed by atoms with Crippen LogP contribution in [0.25, 0.3) is 11.3 Å². The molecule has 9 nitrogen and oxygen atoms in total. The van der Waals surface area contributed by atoms with Crippen LogP contribution >= 0.6 is 0 Å². The molecule has 1 aromatic heterocycles. The molecule has 4 rings (SSSR count). The van der Waals surface area contributed by atoms with Gasteiger partial charge in [-0.25, -0.2) is 4.79 Å². The summed E-state index contributed by atoms with van der Waals surface area (Å²) in [5.41, 5.74) is 0.766. The summed E-state index contributed by atoms with van der Waals surface area (Å²) in [6.45, 7) is 0.925. The van der Waals surface area contributed by atoms with E-state index >= 15 is 0 Å². The molecule has 0 atom stereocenters. The van der Waals surface area contributed by atoms with E-state index in [0.717, 1.165) is 0 Å². The number of carboxylic acid groups (broad SMARTS) is 1. The van der Waals surface area contributed by atoms with Gasteiger partial charge in [-0.05, 0) is 30.3 Å². The molecule has 0 spiro atoms. The molecule has 0 bridgehead atoms. The standard InChI is InChI=1S/C18H14N4O5/c23-17-16(21-19-12-4-2-1-3-11(12)18(24)25)15(20-22-17)10-5-6-13-14(9-10)27-8-7-26-13/h1-6,9H,7-8H2,(H,24,25)(H2,20,22,23). The number of hydrogen-bond acceptors (Lipinski definition) is 6. The first-order chi connectivity index (χ1) is 13.1. The highest BCUT2D eigenvalue weighted by molar-refractivity contribution is 5.93. The summed E-state index contributed by atoms with van der Waals surface area (Å²) in [4.78, 5) is 23.4. The summed E-state index contributed by atoms with van der Waals surface area (Å²) in [6, 6.07) is 11.4. The van der Waals surface area contributed by atoms with Crippen LogP contribution in [0.4, 0.5) is 11.4 Å². The van der Waals surface area contributed by atoms with Gasteiger partial charge in [0.2, 0.25) is 0 Å². The number of nitrogens with zero attached hydrogens (tertiary/aromatic N) is 2. The summed E-state index contributed by atoms with van der Waals surface area (Å²) >= 11 is 0. The van der Waals surface area contributed by atoms with Gasteiger partial charge in [-0.3, -0.25) is 15.0 Å². The van der Waals surface area contributed by atoms with Crippen LogP contribution in [0.2, 0.25) is 0 Å². The number of azo groups is 1. The lowest BCUT2D eigenvalue weighted by Crippen LogP contribution is -2.15. The van der Waals surface area contributed by atoms with Gasteiger partial charge < -0.3 is 14.6 Å². The van der Waals surface area contributed by atoms with E-state index in [-0.39, 0.29) is 16.9 Å². The second kappa shape index (κ2) is 6.79. The third-order valence-corrected chi connectivity index (χ3v) is 3.98. The molecule has 0 saturated carbocycles. The van der Waals surface area contributed by atoms with Gasteiger partial charge in [0, 0.05) is 5.56 Å². The number of aromatic nitrogens is 2. The van der Waals surface area contributed by atoms with Gasteiger partial charge in [-0.2, -0.15) is 0 Å². The fourth-order valence-corrected chi connectivity index (χ4v) is 2.70. The average Bonchev–Trinajstić information content (AvgIpc) is 3.06. The first-order valence-electron chi connectivity index (χ1n) is 8.08. The van der Waals surface area contributed by atoms with Crippen LogP contribution in [-0.4, -0.2) is 34.5 Å². The van der Waals surface area contributed by atoms with Crippen molar-refractivity contribution >= 4 is 17.3 Å². The molecule has 0 fully saturated rings. The molecule has 0 aliphatic carbocycles. The van der Waals surface area contributed by atoms with Crippen molar-refractivity contribution in [2.75, 3.05) is 13.2 Å². The van der Waals surface area contributed by atoms with E-state index in [4.69, 9.17) is 9.47 Å². The molecule has 0 radical (unpaired) electrons. The van der Waals surface area contributed by atoms with Gasteiger partial charge in [0.1, 0.15) is 18.9 Å². The minimum absolute atomic E-state index is 0.00547. The fraction of sp³-hybridized carbons (Fsp3) is 0.111. The average molecular weight is 366 g/mol. The monoisotopic (exact) mass is 366 g/mol. The number of carbonyl (C=O) groups is 1. The number of ether oxygens (including phenoxy) is 2. The number of nitrogens with one attached hydrogen (secondary N) is 2. The second-order valence-electron chi connectivity index (χ2n) is 5.68. The quantitative estimate of drug-likeness (QED) is 0.610. The first-order valence-corrected chi connectivity index (χ1v) is 8.08. The number of aromatic amines is 2. The molecule has 2 aromatic carbocycles. The number of carboxylic acids is 1. The number of H-pyrrole nitrogens is 2. The summed E-state index contributed by atoms with van der Waals surface area (Å²) < 4.78 is 11.0. The first kappa shape index (κ1) is 16.6. The SMILES string of the molecule is O=C(O)c1ccccc1N=Nc1c(-c2ccc3c(c2)OCCO3)[nH][nH]c1=O.